The molecule has 0 aromatic carbocycles. The normalized spacial score (nSPS) is 11.5. The van der Waals surface area contributed by atoms with Crippen LogP contribution in [0.4, 0.5) is 0 Å². The van der Waals surface area contributed by atoms with Gasteiger partial charge in [0, 0.05) is 45.1 Å². The van der Waals surface area contributed by atoms with Gasteiger partial charge in [-0.2, -0.15) is 0 Å². The Morgan fingerprint density at radius 3 is 3.00 bits per heavy atom. The highest BCUT2D eigenvalue weighted by atomic mass is 16.3. The molecule has 124 valence electrons. The lowest BCUT2D eigenvalue weighted by atomic mass is 10.2. The second kappa shape index (κ2) is 7.96. The highest BCUT2D eigenvalue weighted by Gasteiger charge is 2.02. The zero-order chi connectivity index (χ0) is 16.6. The van der Waals surface area contributed by atoms with Gasteiger partial charge in [-0.3, -0.25) is 9.56 Å². The summed E-state index contributed by atoms with van der Waals surface area (Å²) >= 11 is 0. The van der Waals surface area contributed by atoms with Crippen molar-refractivity contribution in [2.24, 2.45) is 4.99 Å². The summed E-state index contributed by atoms with van der Waals surface area (Å²) in [6.07, 6.45) is 9.62. The van der Waals surface area contributed by atoms with E-state index in [0.717, 1.165) is 36.1 Å². The monoisotopic (exact) mass is 324 g/mol. The average Bonchev–Trinajstić information content (AvgIpc) is 3.31. The lowest BCUT2D eigenvalue weighted by molar-refractivity contribution is 0.507. The molecule has 3 heterocycles. The molecule has 0 saturated carbocycles. The summed E-state index contributed by atoms with van der Waals surface area (Å²) in [6.45, 7) is 1.41. The van der Waals surface area contributed by atoms with Gasteiger partial charge in [0.1, 0.15) is 17.9 Å². The molecule has 0 unspecified atom stereocenters. The topological polar surface area (TPSA) is 80.3 Å². The molecule has 0 bridgehead atoms. The Morgan fingerprint density at radius 1 is 1.29 bits per heavy atom. The van der Waals surface area contributed by atoms with E-state index >= 15 is 0 Å². The summed E-state index contributed by atoms with van der Waals surface area (Å²) in [5.41, 5.74) is 1.11. The number of furan rings is 1. The lowest BCUT2D eigenvalue weighted by Gasteiger charge is -2.12. The Hall–Kier alpha value is -3.09. The van der Waals surface area contributed by atoms with Crippen molar-refractivity contribution in [3.63, 3.8) is 0 Å². The minimum atomic E-state index is 0.657. The van der Waals surface area contributed by atoms with Gasteiger partial charge in [0.2, 0.25) is 0 Å². The van der Waals surface area contributed by atoms with Crippen molar-refractivity contribution in [3.05, 3.63) is 66.8 Å². The lowest BCUT2D eigenvalue weighted by Crippen LogP contribution is -2.37. The number of rotatable bonds is 6. The maximum Gasteiger partial charge on any atom is 0.191 e. The molecule has 24 heavy (non-hydrogen) atoms. The van der Waals surface area contributed by atoms with Crippen LogP contribution < -0.4 is 10.6 Å². The molecule has 0 saturated heterocycles. The summed E-state index contributed by atoms with van der Waals surface area (Å²) in [5, 5.41) is 6.56. The predicted octanol–water partition coefficient (Wildman–Crippen LogP) is 1.77. The van der Waals surface area contributed by atoms with Crippen molar-refractivity contribution in [1.29, 1.82) is 0 Å². The molecule has 0 aliphatic heterocycles. The number of aliphatic imine (C=N–C) groups is 1. The Balaban J connectivity index is 1.51. The van der Waals surface area contributed by atoms with E-state index < -0.39 is 0 Å². The van der Waals surface area contributed by atoms with Gasteiger partial charge < -0.3 is 15.1 Å². The van der Waals surface area contributed by atoms with Gasteiger partial charge in [0.25, 0.3) is 0 Å². The fourth-order valence-electron chi connectivity index (χ4n) is 2.27. The molecule has 0 amide bonds. The minimum absolute atomic E-state index is 0.657. The highest BCUT2D eigenvalue weighted by Crippen LogP contribution is 2.06. The molecule has 3 rings (SSSR count). The van der Waals surface area contributed by atoms with Crippen molar-refractivity contribution in [1.82, 2.24) is 25.2 Å². The molecular formula is C17H20N6O. The van der Waals surface area contributed by atoms with Crippen LogP contribution >= 0.6 is 0 Å². The van der Waals surface area contributed by atoms with Gasteiger partial charge >= 0.3 is 0 Å². The fourth-order valence-corrected chi connectivity index (χ4v) is 2.27. The Labute approximate surface area is 140 Å². The number of guanidine groups is 1. The van der Waals surface area contributed by atoms with Crippen molar-refractivity contribution in [2.45, 2.75) is 13.0 Å². The van der Waals surface area contributed by atoms with Crippen LogP contribution in [0.3, 0.4) is 0 Å². The van der Waals surface area contributed by atoms with E-state index in [1.807, 2.05) is 35.0 Å². The maximum absolute atomic E-state index is 5.31. The van der Waals surface area contributed by atoms with Gasteiger partial charge in [-0.15, -0.1) is 0 Å². The third kappa shape index (κ3) is 4.22. The molecule has 0 radical (unpaired) electrons. The standard InChI is InChI=1S/C17H20N6O/c1-18-17(21-7-5-15-3-2-10-24-15)22-12-14-4-6-20-16(11-14)23-9-8-19-13-23/h2-4,6,8-11,13H,5,7,12H2,1H3,(H2,18,21,22). The molecular weight excluding hydrogens is 304 g/mol. The van der Waals surface area contributed by atoms with Gasteiger partial charge in [-0.1, -0.05) is 0 Å². The van der Waals surface area contributed by atoms with Crippen LogP contribution in [0.15, 0.2) is 64.9 Å². The van der Waals surface area contributed by atoms with Gasteiger partial charge in [-0.25, -0.2) is 9.97 Å². The summed E-state index contributed by atoms with van der Waals surface area (Å²) in [4.78, 5) is 12.6. The van der Waals surface area contributed by atoms with Crippen LogP contribution in [-0.2, 0) is 13.0 Å². The van der Waals surface area contributed by atoms with Crippen LogP contribution in [0.5, 0.6) is 0 Å². The smallest absolute Gasteiger partial charge is 0.191 e. The quantitative estimate of drug-likeness (QED) is 0.533. The zero-order valence-corrected chi connectivity index (χ0v) is 13.5. The summed E-state index contributed by atoms with van der Waals surface area (Å²) in [6, 6.07) is 7.85. The molecule has 3 aromatic heterocycles. The Kier molecular flexibility index (Phi) is 5.24. The van der Waals surface area contributed by atoms with Crippen molar-refractivity contribution in [3.8, 4) is 5.82 Å². The van der Waals surface area contributed by atoms with Crippen LogP contribution in [0.2, 0.25) is 0 Å². The Morgan fingerprint density at radius 2 is 2.25 bits per heavy atom. The van der Waals surface area contributed by atoms with E-state index in [0.29, 0.717) is 6.54 Å². The third-order valence-electron chi connectivity index (χ3n) is 3.51. The number of hydrogen-bond donors (Lipinski definition) is 2. The summed E-state index contributed by atoms with van der Waals surface area (Å²) in [5.74, 6) is 2.55. The van der Waals surface area contributed by atoms with Crippen LogP contribution in [-0.4, -0.2) is 34.1 Å². The zero-order valence-electron chi connectivity index (χ0n) is 13.5. The van der Waals surface area contributed by atoms with Crippen LogP contribution in [0.25, 0.3) is 5.82 Å². The first-order valence-electron chi connectivity index (χ1n) is 7.75. The predicted molar refractivity (Wildman–Crippen MR) is 92.0 cm³/mol. The van der Waals surface area contributed by atoms with Gasteiger partial charge in [-0.05, 0) is 29.8 Å². The molecule has 0 fully saturated rings. The SMILES string of the molecule is CN=C(NCCc1ccco1)NCc1ccnc(-n2ccnc2)c1. The second-order valence-electron chi connectivity index (χ2n) is 5.17. The van der Waals surface area contributed by atoms with E-state index in [1.165, 1.54) is 0 Å². The second-order valence-corrected chi connectivity index (χ2v) is 5.17. The first kappa shape index (κ1) is 15.8. The molecule has 0 spiro atoms. The molecule has 7 heteroatoms. The fraction of sp³-hybridized carbons (Fsp3) is 0.235. The molecule has 3 aromatic rings. The van der Waals surface area contributed by atoms with E-state index in [2.05, 4.69) is 25.6 Å². The largest absolute Gasteiger partial charge is 0.469 e. The van der Waals surface area contributed by atoms with E-state index in [1.54, 1.807) is 32.0 Å². The maximum atomic E-state index is 5.31. The molecule has 2 N–H and O–H groups in total. The minimum Gasteiger partial charge on any atom is -0.469 e. The first-order valence-corrected chi connectivity index (χ1v) is 7.75. The van der Waals surface area contributed by atoms with E-state index in [4.69, 9.17) is 4.42 Å². The third-order valence-corrected chi connectivity index (χ3v) is 3.51. The summed E-state index contributed by atoms with van der Waals surface area (Å²) < 4.78 is 7.19. The number of nitrogens with one attached hydrogen (secondary N) is 2. The number of imidazole rings is 1. The number of pyridine rings is 1. The number of aromatic nitrogens is 3. The van der Waals surface area contributed by atoms with Crippen molar-refractivity contribution < 1.29 is 4.42 Å². The molecule has 0 atom stereocenters. The number of nitrogens with zero attached hydrogens (tertiary/aromatic N) is 4. The molecule has 0 aliphatic carbocycles. The van der Waals surface area contributed by atoms with Crippen molar-refractivity contribution >= 4 is 5.96 Å². The number of hydrogen-bond acceptors (Lipinski definition) is 4. The Bertz CT molecular complexity index is 764. The summed E-state index contributed by atoms with van der Waals surface area (Å²) in [7, 11) is 1.76. The molecule has 0 aliphatic rings. The van der Waals surface area contributed by atoms with E-state index in [-0.39, 0.29) is 0 Å². The van der Waals surface area contributed by atoms with E-state index in [9.17, 15) is 0 Å². The van der Waals surface area contributed by atoms with Gasteiger partial charge in [0.15, 0.2) is 5.96 Å². The average molecular weight is 324 g/mol. The van der Waals surface area contributed by atoms with Gasteiger partial charge in [0.05, 0.1) is 6.26 Å². The van der Waals surface area contributed by atoms with Crippen LogP contribution in [0.1, 0.15) is 11.3 Å². The highest BCUT2D eigenvalue weighted by molar-refractivity contribution is 5.79. The molecule has 7 nitrogen and oxygen atoms in total. The van der Waals surface area contributed by atoms with Crippen LogP contribution in [0, 0.1) is 0 Å². The van der Waals surface area contributed by atoms with Crippen molar-refractivity contribution in [2.75, 3.05) is 13.6 Å². The first-order chi connectivity index (χ1) is 11.8.